The molecule has 0 spiro atoms. The molecule has 4 heteroatoms. The van der Waals surface area contributed by atoms with Crippen LogP contribution in [0.3, 0.4) is 0 Å². The van der Waals surface area contributed by atoms with Crippen LogP contribution in [0.15, 0.2) is 18.2 Å². The van der Waals surface area contributed by atoms with Gasteiger partial charge in [0.05, 0.1) is 6.10 Å². The van der Waals surface area contributed by atoms with E-state index in [9.17, 15) is 4.39 Å². The summed E-state index contributed by atoms with van der Waals surface area (Å²) < 4.78 is 19.7. The molecular weight excluding hydrogens is 344 g/mol. The van der Waals surface area contributed by atoms with Gasteiger partial charge in [-0.1, -0.05) is 13.8 Å². The van der Waals surface area contributed by atoms with E-state index in [1.54, 1.807) is 12.1 Å². The monoisotopic (exact) mass is 363 g/mol. The van der Waals surface area contributed by atoms with Crippen molar-refractivity contribution in [2.75, 3.05) is 11.9 Å². The highest BCUT2D eigenvalue weighted by Crippen LogP contribution is 2.44. The van der Waals surface area contributed by atoms with Gasteiger partial charge in [0.25, 0.3) is 0 Å². The van der Waals surface area contributed by atoms with Gasteiger partial charge in [-0.2, -0.15) is 0 Å². The molecule has 1 saturated carbocycles. The van der Waals surface area contributed by atoms with Gasteiger partial charge in [-0.25, -0.2) is 4.39 Å². The minimum atomic E-state index is -0.190. The highest BCUT2D eigenvalue weighted by atomic mass is 127. The van der Waals surface area contributed by atoms with E-state index in [0.717, 1.165) is 22.3 Å². The predicted octanol–water partition coefficient (Wildman–Crippen LogP) is 4.05. The lowest BCUT2D eigenvalue weighted by atomic mass is 9.64. The van der Waals surface area contributed by atoms with E-state index in [0.29, 0.717) is 12.1 Å². The van der Waals surface area contributed by atoms with E-state index in [1.807, 2.05) is 6.92 Å². The Bertz CT molecular complexity index is 436. The Labute approximate surface area is 121 Å². The average molecular weight is 363 g/mol. The molecule has 0 bridgehead atoms. The Hall–Kier alpha value is -0.360. The van der Waals surface area contributed by atoms with Crippen molar-refractivity contribution in [3.8, 4) is 0 Å². The molecule has 100 valence electrons. The lowest BCUT2D eigenvalue weighted by Gasteiger charge is -2.52. The molecule has 1 aliphatic carbocycles. The van der Waals surface area contributed by atoms with E-state index in [1.165, 1.54) is 6.07 Å². The van der Waals surface area contributed by atoms with E-state index in [-0.39, 0.29) is 11.2 Å². The summed E-state index contributed by atoms with van der Waals surface area (Å²) in [6.45, 7) is 7.21. The first-order valence-electron chi connectivity index (χ1n) is 6.28. The number of halogens is 2. The van der Waals surface area contributed by atoms with Gasteiger partial charge in [-0.15, -0.1) is 0 Å². The van der Waals surface area contributed by atoms with Crippen molar-refractivity contribution in [1.29, 1.82) is 0 Å². The molecule has 0 aromatic heterocycles. The zero-order chi connectivity index (χ0) is 13.3. The fourth-order valence-electron chi connectivity index (χ4n) is 2.41. The first kappa shape index (κ1) is 14.1. The Morgan fingerprint density at radius 1 is 1.50 bits per heavy atom. The molecule has 1 aliphatic rings. The van der Waals surface area contributed by atoms with Gasteiger partial charge in [0.2, 0.25) is 0 Å². The van der Waals surface area contributed by atoms with Crippen molar-refractivity contribution in [3.63, 3.8) is 0 Å². The molecule has 2 atom stereocenters. The van der Waals surface area contributed by atoms with Crippen LogP contribution in [0.25, 0.3) is 0 Å². The highest BCUT2D eigenvalue weighted by molar-refractivity contribution is 14.1. The molecule has 0 saturated heterocycles. The van der Waals surface area contributed by atoms with Crippen molar-refractivity contribution >= 4 is 28.3 Å². The molecule has 0 amide bonds. The second-order valence-corrected chi connectivity index (χ2v) is 6.48. The van der Waals surface area contributed by atoms with Crippen LogP contribution >= 0.6 is 22.6 Å². The zero-order valence-electron chi connectivity index (χ0n) is 11.0. The average Bonchev–Trinajstić information content (AvgIpc) is 2.30. The minimum Gasteiger partial charge on any atom is -0.381 e. The van der Waals surface area contributed by atoms with Gasteiger partial charge in [0, 0.05) is 27.3 Å². The van der Waals surface area contributed by atoms with Gasteiger partial charge >= 0.3 is 0 Å². The summed E-state index contributed by atoms with van der Waals surface area (Å²) in [5.74, 6) is -0.190. The first-order valence-corrected chi connectivity index (χ1v) is 7.36. The molecule has 1 aromatic carbocycles. The van der Waals surface area contributed by atoms with Crippen LogP contribution < -0.4 is 5.32 Å². The van der Waals surface area contributed by atoms with Gasteiger partial charge in [-0.3, -0.25) is 0 Å². The van der Waals surface area contributed by atoms with Crippen molar-refractivity contribution < 1.29 is 9.13 Å². The van der Waals surface area contributed by atoms with Crippen molar-refractivity contribution in [1.82, 2.24) is 0 Å². The molecule has 0 aliphatic heterocycles. The van der Waals surface area contributed by atoms with Crippen LogP contribution in [-0.4, -0.2) is 18.8 Å². The molecule has 18 heavy (non-hydrogen) atoms. The lowest BCUT2D eigenvalue weighted by molar-refractivity contribution is -0.0976. The van der Waals surface area contributed by atoms with E-state index in [2.05, 4.69) is 41.8 Å². The number of anilines is 1. The van der Waals surface area contributed by atoms with Crippen LogP contribution in [0.5, 0.6) is 0 Å². The molecule has 1 fully saturated rings. The lowest BCUT2D eigenvalue weighted by Crippen LogP contribution is -2.58. The molecule has 2 unspecified atom stereocenters. The summed E-state index contributed by atoms with van der Waals surface area (Å²) in [5.41, 5.74) is 1.12. The predicted molar refractivity (Wildman–Crippen MR) is 80.3 cm³/mol. The zero-order valence-corrected chi connectivity index (χ0v) is 13.1. The fraction of sp³-hybridized carbons (Fsp3) is 0.571. The van der Waals surface area contributed by atoms with Gasteiger partial charge in [0.15, 0.2) is 0 Å². The SMILES string of the molecule is CCOC1CC(Nc2ccc(F)cc2I)C1(C)C. The van der Waals surface area contributed by atoms with Gasteiger partial charge < -0.3 is 10.1 Å². The Kier molecular flexibility index (Phi) is 4.16. The Morgan fingerprint density at radius 2 is 2.22 bits per heavy atom. The Balaban J connectivity index is 2.03. The number of hydrogen-bond acceptors (Lipinski definition) is 2. The third-order valence-corrected chi connectivity index (χ3v) is 4.70. The summed E-state index contributed by atoms with van der Waals surface area (Å²) in [6.07, 6.45) is 1.33. The summed E-state index contributed by atoms with van der Waals surface area (Å²) >= 11 is 2.16. The van der Waals surface area contributed by atoms with E-state index < -0.39 is 0 Å². The Morgan fingerprint density at radius 3 is 2.78 bits per heavy atom. The van der Waals surface area contributed by atoms with Crippen LogP contribution in [0, 0.1) is 14.8 Å². The minimum absolute atomic E-state index is 0.119. The highest BCUT2D eigenvalue weighted by Gasteiger charge is 2.48. The maximum atomic E-state index is 13.0. The fourth-order valence-corrected chi connectivity index (χ4v) is 3.04. The molecule has 1 aromatic rings. The number of ether oxygens (including phenoxy) is 1. The standard InChI is InChI=1S/C14H19FINO/c1-4-18-13-8-12(14(13,2)3)17-11-6-5-9(15)7-10(11)16/h5-7,12-13,17H,4,8H2,1-3H3. The molecule has 2 nitrogen and oxygen atoms in total. The van der Waals surface area contributed by atoms with Crippen LogP contribution in [0.4, 0.5) is 10.1 Å². The molecule has 0 radical (unpaired) electrons. The second kappa shape index (κ2) is 5.33. The van der Waals surface area contributed by atoms with Crippen molar-refractivity contribution in [3.05, 3.63) is 27.6 Å². The van der Waals surface area contributed by atoms with E-state index >= 15 is 0 Å². The van der Waals surface area contributed by atoms with Crippen LogP contribution in [-0.2, 0) is 4.74 Å². The summed E-state index contributed by atoms with van der Waals surface area (Å²) in [6, 6.07) is 5.24. The number of hydrogen-bond donors (Lipinski definition) is 1. The molecule has 0 heterocycles. The van der Waals surface area contributed by atoms with Crippen LogP contribution in [0.1, 0.15) is 27.2 Å². The van der Waals surface area contributed by atoms with Crippen molar-refractivity contribution in [2.24, 2.45) is 5.41 Å². The third-order valence-electron chi connectivity index (χ3n) is 3.81. The molecule has 2 rings (SSSR count). The van der Waals surface area contributed by atoms with Gasteiger partial charge in [-0.05, 0) is 54.1 Å². The second-order valence-electron chi connectivity index (χ2n) is 5.32. The third kappa shape index (κ3) is 2.64. The molecular formula is C14H19FINO. The van der Waals surface area contributed by atoms with Gasteiger partial charge in [0.1, 0.15) is 5.82 Å². The quantitative estimate of drug-likeness (QED) is 0.816. The van der Waals surface area contributed by atoms with Crippen molar-refractivity contribution in [2.45, 2.75) is 39.3 Å². The number of nitrogens with one attached hydrogen (secondary N) is 1. The summed E-state index contributed by atoms with van der Waals surface area (Å²) in [7, 11) is 0. The summed E-state index contributed by atoms with van der Waals surface area (Å²) in [5, 5.41) is 3.50. The summed E-state index contributed by atoms with van der Waals surface area (Å²) in [4.78, 5) is 0. The normalized spacial score (nSPS) is 25.6. The largest absolute Gasteiger partial charge is 0.381 e. The van der Waals surface area contributed by atoms with E-state index in [4.69, 9.17) is 4.74 Å². The smallest absolute Gasteiger partial charge is 0.124 e. The number of benzene rings is 1. The number of rotatable bonds is 4. The maximum absolute atomic E-state index is 13.0. The topological polar surface area (TPSA) is 21.3 Å². The molecule has 1 N–H and O–H groups in total. The first-order chi connectivity index (χ1) is 8.45. The van der Waals surface area contributed by atoms with Crippen LogP contribution in [0.2, 0.25) is 0 Å². The maximum Gasteiger partial charge on any atom is 0.124 e.